The molecule has 0 N–H and O–H groups in total. The molecule has 0 spiro atoms. The number of rotatable bonds is 4. The van der Waals surface area contributed by atoms with Crippen molar-refractivity contribution in [1.29, 1.82) is 5.26 Å². The van der Waals surface area contributed by atoms with Gasteiger partial charge in [-0.2, -0.15) is 18.4 Å². The highest BCUT2D eigenvalue weighted by atomic mass is 32.2. The van der Waals surface area contributed by atoms with E-state index in [0.29, 0.717) is 5.69 Å². The van der Waals surface area contributed by atoms with E-state index in [1.807, 2.05) is 39.0 Å². The predicted molar refractivity (Wildman–Crippen MR) is 117 cm³/mol. The zero-order chi connectivity index (χ0) is 23.8. The molecular formula is C22H23F3N4O2S. The minimum Gasteiger partial charge on any atom is -0.331 e. The van der Waals surface area contributed by atoms with Crippen molar-refractivity contribution in [3.63, 3.8) is 0 Å². The number of hydrogen-bond donors (Lipinski definition) is 0. The smallest absolute Gasteiger partial charge is 0.331 e. The number of anilines is 2. The normalized spacial score (nSPS) is 18.7. The first-order chi connectivity index (χ1) is 14.9. The third-order valence-corrected chi connectivity index (χ3v) is 6.39. The molecule has 1 aliphatic rings. The third-order valence-electron chi connectivity index (χ3n) is 5.14. The van der Waals surface area contributed by atoms with Crippen molar-refractivity contribution in [3.8, 4) is 6.07 Å². The molecule has 1 amide bonds. The van der Waals surface area contributed by atoms with Crippen LogP contribution in [-0.2, 0) is 21.8 Å². The number of halogens is 3. The van der Waals surface area contributed by atoms with Crippen molar-refractivity contribution in [2.75, 3.05) is 21.4 Å². The maximum atomic E-state index is 13.6. The van der Waals surface area contributed by atoms with E-state index in [-0.39, 0.29) is 29.2 Å². The Balaban J connectivity index is 2.11. The Hall–Kier alpha value is -2.93. The van der Waals surface area contributed by atoms with Gasteiger partial charge in [-0.3, -0.25) is 9.00 Å². The van der Waals surface area contributed by atoms with Gasteiger partial charge in [0.05, 0.1) is 17.2 Å². The number of alkyl halides is 3. The zero-order valence-electron chi connectivity index (χ0n) is 18.1. The van der Waals surface area contributed by atoms with Crippen molar-refractivity contribution in [2.24, 2.45) is 0 Å². The molecule has 2 heterocycles. The Morgan fingerprint density at radius 2 is 2.00 bits per heavy atom. The maximum Gasteiger partial charge on any atom is 0.417 e. The highest BCUT2D eigenvalue weighted by molar-refractivity contribution is 7.85. The van der Waals surface area contributed by atoms with Crippen LogP contribution >= 0.6 is 0 Å². The summed E-state index contributed by atoms with van der Waals surface area (Å²) in [6, 6.07) is 8.43. The van der Waals surface area contributed by atoms with Crippen LogP contribution in [0.15, 0.2) is 30.3 Å². The summed E-state index contributed by atoms with van der Waals surface area (Å²) in [7, 11) is -1.49. The molecule has 3 rings (SSSR count). The molecule has 2 aromatic rings. The average molecular weight is 465 g/mol. The number of pyridine rings is 1. The number of hydrogen-bond acceptors (Lipinski definition) is 5. The second-order valence-electron chi connectivity index (χ2n) is 7.98. The van der Waals surface area contributed by atoms with Crippen LogP contribution in [0.4, 0.5) is 24.7 Å². The number of nitrogens with zero attached hydrogens (tertiary/aromatic N) is 4. The van der Waals surface area contributed by atoms with Crippen molar-refractivity contribution in [2.45, 2.75) is 46.0 Å². The standard InChI is InChI=1S/C22H23F3N4O2S/c1-13(2)29(16-7-5-6-14(3)8-16)21(30)19-11-32(31)12-28(19)20-17(10-26)18(22(23,24)25)9-15(4)27-20/h5-9,13,19H,11-12H2,1-4H3/t19-,32+/m0/s1. The fourth-order valence-corrected chi connectivity index (χ4v) is 5.19. The van der Waals surface area contributed by atoms with E-state index in [9.17, 15) is 27.4 Å². The molecule has 10 heteroatoms. The van der Waals surface area contributed by atoms with Crippen molar-refractivity contribution < 1.29 is 22.2 Å². The molecule has 0 bridgehead atoms. The second-order valence-corrected chi connectivity index (χ2v) is 9.45. The van der Waals surface area contributed by atoms with Gasteiger partial charge in [-0.05, 0) is 51.5 Å². The quantitative estimate of drug-likeness (QED) is 0.685. The van der Waals surface area contributed by atoms with E-state index in [1.165, 1.54) is 11.8 Å². The number of amides is 1. The Morgan fingerprint density at radius 1 is 1.31 bits per heavy atom. The molecule has 0 unspecified atom stereocenters. The number of aryl methyl sites for hydroxylation is 2. The molecule has 0 saturated carbocycles. The van der Waals surface area contributed by atoms with Gasteiger partial charge >= 0.3 is 6.18 Å². The van der Waals surface area contributed by atoms with E-state index in [0.717, 1.165) is 11.6 Å². The molecule has 1 aromatic heterocycles. The molecule has 32 heavy (non-hydrogen) atoms. The van der Waals surface area contributed by atoms with Gasteiger partial charge in [-0.1, -0.05) is 12.1 Å². The lowest BCUT2D eigenvalue weighted by Gasteiger charge is -2.33. The van der Waals surface area contributed by atoms with E-state index in [2.05, 4.69) is 4.98 Å². The molecule has 1 saturated heterocycles. The first kappa shape index (κ1) is 23.7. The van der Waals surface area contributed by atoms with Gasteiger partial charge in [0.2, 0.25) is 0 Å². The molecule has 1 aromatic carbocycles. The number of aromatic nitrogens is 1. The summed E-state index contributed by atoms with van der Waals surface area (Å²) < 4.78 is 53.2. The summed E-state index contributed by atoms with van der Waals surface area (Å²) in [6.45, 7) is 6.92. The van der Waals surface area contributed by atoms with Gasteiger partial charge in [0.25, 0.3) is 5.91 Å². The minimum atomic E-state index is -4.77. The lowest BCUT2D eigenvalue weighted by molar-refractivity contribution is -0.137. The number of nitriles is 1. The van der Waals surface area contributed by atoms with Crippen LogP contribution in [0.25, 0.3) is 0 Å². The van der Waals surface area contributed by atoms with Gasteiger partial charge in [0, 0.05) is 28.2 Å². The molecule has 0 aliphatic carbocycles. The van der Waals surface area contributed by atoms with E-state index < -0.39 is 40.1 Å². The van der Waals surface area contributed by atoms with Crippen LogP contribution in [-0.4, -0.2) is 38.8 Å². The molecule has 2 atom stereocenters. The molecule has 0 radical (unpaired) electrons. The van der Waals surface area contributed by atoms with Crippen molar-refractivity contribution in [1.82, 2.24) is 4.98 Å². The van der Waals surface area contributed by atoms with Crippen molar-refractivity contribution in [3.05, 3.63) is 52.7 Å². The Kier molecular flexibility index (Phi) is 6.60. The molecule has 1 aliphatic heterocycles. The maximum absolute atomic E-state index is 13.6. The number of carbonyl (C=O) groups excluding carboxylic acids is 1. The molecular weight excluding hydrogens is 441 g/mol. The Morgan fingerprint density at radius 3 is 2.56 bits per heavy atom. The highest BCUT2D eigenvalue weighted by Crippen LogP contribution is 2.37. The van der Waals surface area contributed by atoms with Gasteiger partial charge in [0.1, 0.15) is 23.5 Å². The van der Waals surface area contributed by atoms with Crippen LogP contribution < -0.4 is 9.80 Å². The summed E-state index contributed by atoms with van der Waals surface area (Å²) in [5.41, 5.74) is -0.169. The van der Waals surface area contributed by atoms with Gasteiger partial charge in [-0.25, -0.2) is 4.98 Å². The summed E-state index contributed by atoms with van der Waals surface area (Å²) in [4.78, 5) is 20.6. The molecule has 170 valence electrons. The first-order valence-corrected chi connectivity index (χ1v) is 11.4. The first-order valence-electron chi connectivity index (χ1n) is 9.94. The lowest BCUT2D eigenvalue weighted by Crippen LogP contribution is -2.50. The van der Waals surface area contributed by atoms with Crippen molar-refractivity contribution >= 4 is 28.2 Å². The second kappa shape index (κ2) is 8.90. The average Bonchev–Trinajstić information content (AvgIpc) is 3.08. The Labute approximate surface area is 187 Å². The van der Waals surface area contributed by atoms with E-state index >= 15 is 0 Å². The summed E-state index contributed by atoms with van der Waals surface area (Å²) >= 11 is 0. The van der Waals surface area contributed by atoms with Gasteiger partial charge in [-0.15, -0.1) is 0 Å². The number of benzene rings is 1. The SMILES string of the molecule is Cc1cccc(N(C(=O)[C@@H]2C[S@@](=O)CN2c2nc(C)cc(C(F)(F)F)c2C#N)C(C)C)c1. The zero-order valence-corrected chi connectivity index (χ0v) is 18.9. The van der Waals surface area contributed by atoms with Crippen LogP contribution in [0.5, 0.6) is 0 Å². The Bertz CT molecular complexity index is 1110. The van der Waals surface area contributed by atoms with Gasteiger partial charge in [0.15, 0.2) is 0 Å². The van der Waals surface area contributed by atoms with Gasteiger partial charge < -0.3 is 9.80 Å². The highest BCUT2D eigenvalue weighted by Gasteiger charge is 2.43. The van der Waals surface area contributed by atoms with Crippen LogP contribution in [0.1, 0.15) is 36.2 Å². The third kappa shape index (κ3) is 4.63. The predicted octanol–water partition coefficient (Wildman–Crippen LogP) is 3.93. The van der Waals surface area contributed by atoms with Crippen LogP contribution in [0, 0.1) is 25.2 Å². The fraction of sp³-hybridized carbons (Fsp3) is 0.409. The molecule has 6 nitrogen and oxygen atoms in total. The van der Waals surface area contributed by atoms with Crippen LogP contribution in [0.2, 0.25) is 0 Å². The topological polar surface area (TPSA) is 77.3 Å². The summed E-state index contributed by atoms with van der Waals surface area (Å²) in [5.74, 6) is -0.914. The van der Waals surface area contributed by atoms with E-state index in [4.69, 9.17) is 0 Å². The number of carbonyl (C=O) groups is 1. The fourth-order valence-electron chi connectivity index (χ4n) is 3.79. The largest absolute Gasteiger partial charge is 0.417 e. The minimum absolute atomic E-state index is 0.0506. The monoisotopic (exact) mass is 464 g/mol. The summed E-state index contributed by atoms with van der Waals surface area (Å²) in [6.07, 6.45) is -4.77. The lowest BCUT2D eigenvalue weighted by atomic mass is 10.1. The van der Waals surface area contributed by atoms with Crippen LogP contribution in [0.3, 0.4) is 0 Å². The molecule has 1 fully saturated rings. The summed E-state index contributed by atoms with van der Waals surface area (Å²) in [5, 5.41) is 9.52. The van der Waals surface area contributed by atoms with E-state index in [1.54, 1.807) is 17.0 Å².